The summed E-state index contributed by atoms with van der Waals surface area (Å²) in [5, 5.41) is 14.3. The van der Waals surface area contributed by atoms with Gasteiger partial charge < -0.3 is 34.1 Å². The maximum Gasteiger partial charge on any atom is 0.407 e. The van der Waals surface area contributed by atoms with Gasteiger partial charge in [-0.2, -0.15) is 4.31 Å². The summed E-state index contributed by atoms with van der Waals surface area (Å²) in [6.07, 6.45) is -1.78. The predicted octanol–water partition coefficient (Wildman–Crippen LogP) is 2.91. The van der Waals surface area contributed by atoms with Gasteiger partial charge in [-0.3, -0.25) is 0 Å². The molecule has 3 aliphatic heterocycles. The van der Waals surface area contributed by atoms with Gasteiger partial charge in [-0.05, 0) is 36.0 Å². The number of carbonyl (C=O) groups is 1. The van der Waals surface area contributed by atoms with Gasteiger partial charge in [0.1, 0.15) is 6.10 Å². The zero-order chi connectivity index (χ0) is 29.2. The Balaban J connectivity index is 1.35. The summed E-state index contributed by atoms with van der Waals surface area (Å²) in [5.41, 5.74) is 0.443. The Labute approximate surface area is 240 Å². The van der Waals surface area contributed by atoms with Crippen molar-refractivity contribution < 1.29 is 42.0 Å². The third-order valence-electron chi connectivity index (χ3n) is 7.33. The van der Waals surface area contributed by atoms with Gasteiger partial charge in [0.15, 0.2) is 17.8 Å². The minimum atomic E-state index is -4.05. The van der Waals surface area contributed by atoms with Crippen molar-refractivity contribution in [1.82, 2.24) is 9.62 Å². The largest absolute Gasteiger partial charge is 0.454 e. The first-order valence-corrected chi connectivity index (χ1v) is 15.3. The molecule has 2 aromatic carbocycles. The Morgan fingerprint density at radius 2 is 1.88 bits per heavy atom. The van der Waals surface area contributed by atoms with Crippen molar-refractivity contribution in [2.24, 2.45) is 11.3 Å². The fourth-order valence-electron chi connectivity index (χ4n) is 5.32. The lowest BCUT2D eigenvalue weighted by molar-refractivity contribution is -0.0907. The molecule has 2 saturated heterocycles. The highest BCUT2D eigenvalue weighted by atomic mass is 32.2. The van der Waals surface area contributed by atoms with Crippen molar-refractivity contribution in [3.8, 4) is 11.5 Å². The summed E-state index contributed by atoms with van der Waals surface area (Å²) in [7, 11) is -4.05. The molecule has 41 heavy (non-hydrogen) atoms. The van der Waals surface area contributed by atoms with E-state index in [4.69, 9.17) is 23.7 Å². The molecule has 3 heterocycles. The number of ether oxygens (including phenoxy) is 5. The van der Waals surface area contributed by atoms with Crippen molar-refractivity contribution in [2.45, 2.75) is 63.0 Å². The number of amides is 1. The van der Waals surface area contributed by atoms with Crippen LogP contribution in [0.25, 0.3) is 0 Å². The van der Waals surface area contributed by atoms with Crippen LogP contribution in [0, 0.1) is 11.3 Å². The molecule has 0 spiro atoms. The van der Waals surface area contributed by atoms with Crippen LogP contribution in [0.3, 0.4) is 0 Å². The van der Waals surface area contributed by atoms with Gasteiger partial charge in [0.2, 0.25) is 16.8 Å². The van der Waals surface area contributed by atoms with E-state index in [-0.39, 0.29) is 50.0 Å². The summed E-state index contributed by atoms with van der Waals surface area (Å²) >= 11 is 0. The highest BCUT2D eigenvalue weighted by Crippen LogP contribution is 2.36. The number of hydrogen-bond donors (Lipinski definition) is 2. The first-order valence-electron chi connectivity index (χ1n) is 13.8. The summed E-state index contributed by atoms with van der Waals surface area (Å²) in [6, 6.07) is 13.0. The van der Waals surface area contributed by atoms with Crippen molar-refractivity contribution in [2.75, 3.05) is 33.1 Å². The highest BCUT2D eigenvalue weighted by molar-refractivity contribution is 7.89. The molecule has 2 N–H and O–H groups in total. The zero-order valence-electron chi connectivity index (χ0n) is 23.5. The van der Waals surface area contributed by atoms with E-state index in [0.29, 0.717) is 18.1 Å². The van der Waals surface area contributed by atoms with Crippen molar-refractivity contribution in [1.29, 1.82) is 0 Å². The monoisotopic (exact) mass is 590 g/mol. The molecule has 2 aromatic rings. The van der Waals surface area contributed by atoms with E-state index in [0.717, 1.165) is 12.0 Å². The molecule has 11 nitrogen and oxygen atoms in total. The molecule has 0 aromatic heterocycles. The maximum atomic E-state index is 13.9. The molecule has 0 radical (unpaired) electrons. The molecule has 0 aliphatic carbocycles. The van der Waals surface area contributed by atoms with Crippen molar-refractivity contribution in [3.63, 3.8) is 0 Å². The van der Waals surface area contributed by atoms with E-state index in [2.05, 4.69) is 5.32 Å². The number of nitrogens with one attached hydrogen (secondary N) is 1. The Morgan fingerprint density at radius 3 is 2.63 bits per heavy atom. The lowest BCUT2D eigenvalue weighted by atomic mass is 9.96. The van der Waals surface area contributed by atoms with Gasteiger partial charge in [0.05, 0.1) is 36.2 Å². The molecule has 1 amide bonds. The zero-order valence-corrected chi connectivity index (χ0v) is 24.3. The average molecular weight is 591 g/mol. The Hall–Kier alpha value is -2.90. The number of rotatable bonds is 10. The number of carbonyl (C=O) groups excluding carboxylic acids is 1. The number of aliphatic hydroxyl groups excluding tert-OH is 1. The first kappa shape index (κ1) is 29.6. The molecule has 5 rings (SSSR count). The van der Waals surface area contributed by atoms with Crippen LogP contribution in [0.1, 0.15) is 32.8 Å². The van der Waals surface area contributed by atoms with Gasteiger partial charge in [0.25, 0.3) is 0 Å². The molecular formula is C29H38N2O9S. The molecule has 224 valence electrons. The van der Waals surface area contributed by atoms with Crippen LogP contribution in [0.2, 0.25) is 0 Å². The van der Waals surface area contributed by atoms with E-state index in [1.54, 1.807) is 6.07 Å². The molecule has 2 fully saturated rings. The number of nitrogens with zero attached hydrogens (tertiary/aromatic N) is 1. The van der Waals surface area contributed by atoms with Crippen LogP contribution in [0.4, 0.5) is 4.79 Å². The van der Waals surface area contributed by atoms with Gasteiger partial charge in [-0.15, -0.1) is 0 Å². The summed E-state index contributed by atoms with van der Waals surface area (Å²) < 4.78 is 56.5. The summed E-state index contributed by atoms with van der Waals surface area (Å²) in [5.74, 6) is 0.784. The second-order valence-electron chi connectivity index (χ2n) is 11.8. The van der Waals surface area contributed by atoms with E-state index >= 15 is 0 Å². The lowest BCUT2D eigenvalue weighted by Crippen LogP contribution is -2.52. The van der Waals surface area contributed by atoms with Gasteiger partial charge >= 0.3 is 6.09 Å². The first-order chi connectivity index (χ1) is 19.5. The number of hydrogen-bond acceptors (Lipinski definition) is 9. The maximum absolute atomic E-state index is 13.9. The number of fused-ring (bicyclic) bond motifs is 2. The SMILES string of the molecule is CC(C)(C)CN(C[C@@H](O)[C@@H](Cc1ccccc1)NC(=O)O[C@H]1CO[C@H]2OCC[C@H]21)S(=O)(=O)c1ccc2c(c1)OCO2. The van der Waals surface area contributed by atoms with Crippen LogP contribution in [0.5, 0.6) is 11.5 Å². The minimum absolute atomic E-state index is 0.0214. The van der Waals surface area contributed by atoms with E-state index in [9.17, 15) is 18.3 Å². The number of sulfonamides is 1. The second kappa shape index (κ2) is 12.1. The summed E-state index contributed by atoms with van der Waals surface area (Å²) in [4.78, 5) is 13.1. The third-order valence-corrected chi connectivity index (χ3v) is 9.14. The quantitative estimate of drug-likeness (QED) is 0.429. The van der Waals surface area contributed by atoms with Crippen LogP contribution >= 0.6 is 0 Å². The van der Waals surface area contributed by atoms with Crippen molar-refractivity contribution >= 4 is 16.1 Å². The molecule has 0 bridgehead atoms. The molecule has 12 heteroatoms. The van der Waals surface area contributed by atoms with Gasteiger partial charge in [-0.25, -0.2) is 13.2 Å². The lowest BCUT2D eigenvalue weighted by Gasteiger charge is -2.33. The predicted molar refractivity (Wildman–Crippen MR) is 148 cm³/mol. The topological polar surface area (TPSA) is 133 Å². The fraction of sp³-hybridized carbons (Fsp3) is 0.552. The number of benzene rings is 2. The van der Waals surface area contributed by atoms with Crippen molar-refractivity contribution in [3.05, 3.63) is 54.1 Å². The van der Waals surface area contributed by atoms with Crippen LogP contribution < -0.4 is 14.8 Å². The number of alkyl carbamates (subject to hydrolysis) is 1. The Morgan fingerprint density at radius 1 is 1.12 bits per heavy atom. The average Bonchev–Trinajstić information content (AvgIpc) is 3.66. The molecule has 3 aliphatic rings. The number of aliphatic hydroxyl groups is 1. The second-order valence-corrected chi connectivity index (χ2v) is 13.8. The molecule has 0 unspecified atom stereocenters. The Bertz CT molecular complexity index is 1320. The smallest absolute Gasteiger partial charge is 0.407 e. The van der Waals surface area contributed by atoms with Crippen LogP contribution in [-0.4, -0.2) is 81.6 Å². The van der Waals surface area contributed by atoms with Crippen LogP contribution in [-0.2, 0) is 30.7 Å². The molecular weight excluding hydrogens is 552 g/mol. The minimum Gasteiger partial charge on any atom is -0.454 e. The van der Waals surface area contributed by atoms with Gasteiger partial charge in [-0.1, -0.05) is 51.1 Å². The van der Waals surface area contributed by atoms with Gasteiger partial charge in [0, 0.05) is 19.2 Å². The third kappa shape index (κ3) is 7.12. The molecule has 0 saturated carbocycles. The van der Waals surface area contributed by atoms with E-state index in [1.165, 1.54) is 16.4 Å². The Kier molecular flexibility index (Phi) is 8.76. The summed E-state index contributed by atoms with van der Waals surface area (Å²) in [6.45, 7) is 6.44. The molecule has 5 atom stereocenters. The van der Waals surface area contributed by atoms with E-state index in [1.807, 2.05) is 51.1 Å². The van der Waals surface area contributed by atoms with E-state index < -0.39 is 39.8 Å². The normalized spacial score (nSPS) is 23.3. The van der Waals surface area contributed by atoms with Crippen LogP contribution in [0.15, 0.2) is 53.4 Å². The fourth-order valence-corrected chi connectivity index (χ4v) is 7.02. The standard InChI is InChI=1S/C29H38N2O9S/c1-29(2,3)17-31(41(34,35)20-9-10-24-25(14-20)39-18-38-24)15-23(32)22(13-19-7-5-4-6-8-19)30-28(33)40-26-16-37-27-21(26)11-12-36-27/h4-10,14,21-23,26-27,32H,11-13,15-18H2,1-3H3,(H,30,33)/t21-,22+,23+,26-,27+/m0/s1. The highest BCUT2D eigenvalue weighted by Gasteiger charge is 2.44.